The first kappa shape index (κ1) is 16.5. The summed E-state index contributed by atoms with van der Waals surface area (Å²) >= 11 is 3.44. The third-order valence-electron chi connectivity index (χ3n) is 4.38. The van der Waals surface area contributed by atoms with Gasteiger partial charge in [0.1, 0.15) is 5.75 Å². The number of benzene rings is 3. The summed E-state index contributed by atoms with van der Waals surface area (Å²) in [6.45, 7) is 0. The van der Waals surface area contributed by atoms with Gasteiger partial charge in [0.25, 0.3) is 0 Å². The summed E-state index contributed by atoms with van der Waals surface area (Å²) in [5, 5.41) is 9.63. The Bertz CT molecular complexity index is 1100. The van der Waals surface area contributed by atoms with E-state index < -0.39 is 0 Å². The molecule has 0 bridgehead atoms. The standard InChI is InChI=1S/C22H13BrO3/c23-14-8-9-18-19(11-14)20(16-6-1-2-7-17(16)22(18)26)12-21(25)13-4-3-5-15(24)10-13/h1-12,24H/b20-12+. The molecular formula is C22H13BrO3. The third kappa shape index (κ3) is 2.78. The number of phenols is 1. The number of allylic oxidation sites excluding steroid dienone is 1. The maximum absolute atomic E-state index is 12.8. The monoisotopic (exact) mass is 404 g/mol. The molecule has 0 radical (unpaired) electrons. The zero-order chi connectivity index (χ0) is 18.3. The summed E-state index contributed by atoms with van der Waals surface area (Å²) in [5.41, 5.74) is 3.69. The molecule has 4 rings (SSSR count). The average molecular weight is 405 g/mol. The number of aromatic hydroxyl groups is 1. The van der Waals surface area contributed by atoms with Crippen molar-refractivity contribution in [2.75, 3.05) is 0 Å². The van der Waals surface area contributed by atoms with Crippen LogP contribution in [0.2, 0.25) is 0 Å². The molecule has 1 aliphatic rings. The van der Waals surface area contributed by atoms with Gasteiger partial charge in [-0.15, -0.1) is 0 Å². The van der Waals surface area contributed by atoms with Crippen LogP contribution in [0.25, 0.3) is 5.57 Å². The zero-order valence-electron chi connectivity index (χ0n) is 13.6. The van der Waals surface area contributed by atoms with Gasteiger partial charge in [-0.05, 0) is 53.1 Å². The summed E-state index contributed by atoms with van der Waals surface area (Å²) in [4.78, 5) is 25.6. The molecule has 3 nitrogen and oxygen atoms in total. The van der Waals surface area contributed by atoms with Gasteiger partial charge in [-0.25, -0.2) is 0 Å². The van der Waals surface area contributed by atoms with Gasteiger partial charge in [0, 0.05) is 21.2 Å². The Morgan fingerprint density at radius 2 is 1.58 bits per heavy atom. The second kappa shape index (κ2) is 6.39. The molecule has 0 fully saturated rings. The number of carbonyl (C=O) groups excluding carboxylic acids is 2. The van der Waals surface area contributed by atoms with E-state index >= 15 is 0 Å². The molecular weight excluding hydrogens is 392 g/mol. The summed E-state index contributed by atoms with van der Waals surface area (Å²) in [6.07, 6.45) is 1.53. The van der Waals surface area contributed by atoms with E-state index in [2.05, 4.69) is 15.9 Å². The van der Waals surface area contributed by atoms with E-state index in [9.17, 15) is 14.7 Å². The van der Waals surface area contributed by atoms with E-state index in [0.717, 1.165) is 15.6 Å². The molecule has 26 heavy (non-hydrogen) atoms. The summed E-state index contributed by atoms with van der Waals surface area (Å²) < 4.78 is 0.833. The van der Waals surface area contributed by atoms with Gasteiger partial charge in [-0.1, -0.05) is 52.3 Å². The van der Waals surface area contributed by atoms with Gasteiger partial charge in [-0.3, -0.25) is 9.59 Å². The molecule has 0 amide bonds. The molecule has 3 aromatic rings. The van der Waals surface area contributed by atoms with E-state index in [1.54, 1.807) is 24.3 Å². The van der Waals surface area contributed by atoms with Crippen molar-refractivity contribution in [3.63, 3.8) is 0 Å². The molecule has 1 N–H and O–H groups in total. The van der Waals surface area contributed by atoms with Crippen molar-refractivity contribution >= 4 is 33.1 Å². The quantitative estimate of drug-likeness (QED) is 0.377. The van der Waals surface area contributed by atoms with Gasteiger partial charge >= 0.3 is 0 Å². The summed E-state index contributed by atoms with van der Waals surface area (Å²) in [5.74, 6) is -0.243. The number of fused-ring (bicyclic) bond motifs is 2. The van der Waals surface area contributed by atoms with Crippen LogP contribution < -0.4 is 0 Å². The van der Waals surface area contributed by atoms with Crippen molar-refractivity contribution < 1.29 is 14.7 Å². The van der Waals surface area contributed by atoms with Crippen molar-refractivity contribution in [3.8, 4) is 5.75 Å². The number of ketones is 2. The number of halogens is 1. The van der Waals surface area contributed by atoms with E-state index in [1.807, 2.05) is 30.3 Å². The molecule has 3 aromatic carbocycles. The van der Waals surface area contributed by atoms with Crippen LogP contribution in [0.5, 0.6) is 5.75 Å². The third-order valence-corrected chi connectivity index (χ3v) is 4.88. The topological polar surface area (TPSA) is 54.4 Å². The highest BCUT2D eigenvalue weighted by molar-refractivity contribution is 9.10. The highest BCUT2D eigenvalue weighted by Crippen LogP contribution is 2.37. The molecule has 0 aliphatic heterocycles. The lowest BCUT2D eigenvalue weighted by atomic mass is 9.80. The van der Waals surface area contributed by atoms with Crippen molar-refractivity contribution in [1.29, 1.82) is 0 Å². The Morgan fingerprint density at radius 3 is 2.35 bits per heavy atom. The van der Waals surface area contributed by atoms with Gasteiger partial charge in [0.15, 0.2) is 11.6 Å². The average Bonchev–Trinajstić information content (AvgIpc) is 2.65. The second-order valence-electron chi connectivity index (χ2n) is 6.04. The van der Waals surface area contributed by atoms with E-state index in [0.29, 0.717) is 22.3 Å². The molecule has 0 aromatic heterocycles. The zero-order valence-corrected chi connectivity index (χ0v) is 15.2. The number of carbonyl (C=O) groups is 2. The van der Waals surface area contributed by atoms with Crippen LogP contribution >= 0.6 is 15.9 Å². The Labute approximate surface area is 158 Å². The Balaban J connectivity index is 1.93. The van der Waals surface area contributed by atoms with Crippen molar-refractivity contribution in [1.82, 2.24) is 0 Å². The van der Waals surface area contributed by atoms with E-state index in [-0.39, 0.29) is 17.3 Å². The minimum Gasteiger partial charge on any atom is -0.508 e. The first-order valence-corrected chi connectivity index (χ1v) is 8.83. The van der Waals surface area contributed by atoms with Crippen LogP contribution in [0.15, 0.2) is 77.3 Å². The number of hydrogen-bond acceptors (Lipinski definition) is 3. The molecule has 1 aliphatic carbocycles. The second-order valence-corrected chi connectivity index (χ2v) is 6.95. The van der Waals surface area contributed by atoms with Crippen LogP contribution in [0.3, 0.4) is 0 Å². The summed E-state index contributed by atoms with van der Waals surface area (Å²) in [7, 11) is 0. The fourth-order valence-electron chi connectivity index (χ4n) is 3.17. The smallest absolute Gasteiger partial charge is 0.194 e. The van der Waals surface area contributed by atoms with Gasteiger partial charge in [0.05, 0.1) is 0 Å². The van der Waals surface area contributed by atoms with Crippen LogP contribution in [0.1, 0.15) is 37.4 Å². The molecule has 0 saturated heterocycles. The largest absolute Gasteiger partial charge is 0.508 e. The van der Waals surface area contributed by atoms with Gasteiger partial charge in [0.2, 0.25) is 0 Å². The first-order chi connectivity index (χ1) is 12.5. The van der Waals surface area contributed by atoms with Gasteiger partial charge in [-0.2, -0.15) is 0 Å². The number of hydrogen-bond donors (Lipinski definition) is 1. The highest BCUT2D eigenvalue weighted by Gasteiger charge is 2.27. The Hall–Kier alpha value is -2.98. The molecule has 0 saturated carbocycles. The SMILES string of the molecule is O=C(/C=C1\c2ccccc2C(=O)c2ccc(Br)cc21)c1cccc(O)c1. The maximum atomic E-state index is 12.8. The predicted molar refractivity (Wildman–Crippen MR) is 104 cm³/mol. The van der Waals surface area contributed by atoms with Crippen LogP contribution in [-0.2, 0) is 0 Å². The minimum atomic E-state index is -0.231. The van der Waals surface area contributed by atoms with Gasteiger partial charge < -0.3 is 5.11 Å². The minimum absolute atomic E-state index is 0.0385. The van der Waals surface area contributed by atoms with Crippen LogP contribution in [-0.4, -0.2) is 16.7 Å². The van der Waals surface area contributed by atoms with E-state index in [1.165, 1.54) is 18.2 Å². The first-order valence-electron chi connectivity index (χ1n) is 8.03. The molecule has 0 atom stereocenters. The molecule has 0 unspecified atom stereocenters. The molecule has 0 spiro atoms. The predicted octanol–water partition coefficient (Wildman–Crippen LogP) is 5.01. The Morgan fingerprint density at radius 1 is 0.846 bits per heavy atom. The molecule has 4 heteroatoms. The number of phenolic OH excluding ortho intramolecular Hbond substituents is 1. The van der Waals surface area contributed by atoms with Crippen LogP contribution in [0, 0.1) is 0 Å². The normalized spacial score (nSPS) is 14.0. The summed E-state index contributed by atoms with van der Waals surface area (Å²) in [6, 6.07) is 19.0. The van der Waals surface area contributed by atoms with E-state index in [4.69, 9.17) is 0 Å². The Kier molecular flexibility index (Phi) is 4.05. The lowest BCUT2D eigenvalue weighted by molar-refractivity contribution is 0.103. The lowest BCUT2D eigenvalue weighted by Gasteiger charge is -2.21. The fourth-order valence-corrected chi connectivity index (χ4v) is 3.53. The van der Waals surface area contributed by atoms with Crippen molar-refractivity contribution in [2.45, 2.75) is 0 Å². The van der Waals surface area contributed by atoms with Crippen molar-refractivity contribution in [2.24, 2.45) is 0 Å². The van der Waals surface area contributed by atoms with Crippen LogP contribution in [0.4, 0.5) is 0 Å². The van der Waals surface area contributed by atoms with Crippen molar-refractivity contribution in [3.05, 3.63) is 105 Å². The molecule has 126 valence electrons. The molecule has 0 heterocycles. The lowest BCUT2D eigenvalue weighted by Crippen LogP contribution is -2.15. The number of rotatable bonds is 2. The highest BCUT2D eigenvalue weighted by atomic mass is 79.9. The fraction of sp³-hybridized carbons (Fsp3) is 0. The maximum Gasteiger partial charge on any atom is 0.194 e.